The van der Waals surface area contributed by atoms with E-state index in [9.17, 15) is 39.6 Å². The van der Waals surface area contributed by atoms with Gasteiger partial charge in [-0.1, -0.05) is 32.4 Å². The SMILES string of the molecule is CC[C@H]1OC(=O)[C@H](C)[C@@H](O[C@H]2C[C@@](C)(OC)[C@@H](OC(=O)CCOCCNc3cc4c(=O)c(C(=O)OCOCCOC)cn(C5CC5)c4cc3Cl)[C@H](C)O2)[C@H](C)[C@@H](O[C@@H]2O[C@H](C)C[C@H](N(C)C)[C@H]2O)[C@](C)(O)C[C@@H](C)CN(C)[C@H](C)[C@@H](O)[C@]1(C)O. The van der Waals surface area contributed by atoms with Gasteiger partial charge >= 0.3 is 17.9 Å². The molecule has 1 aromatic heterocycles. The first-order valence-corrected chi connectivity index (χ1v) is 30.1. The van der Waals surface area contributed by atoms with Gasteiger partial charge in [0.25, 0.3) is 0 Å². The van der Waals surface area contributed by atoms with Crippen LogP contribution in [0, 0.1) is 17.8 Å². The summed E-state index contributed by atoms with van der Waals surface area (Å²) in [4.78, 5) is 58.7. The van der Waals surface area contributed by atoms with E-state index < -0.39 is 113 Å². The third-order valence-corrected chi connectivity index (χ3v) is 17.7. The van der Waals surface area contributed by atoms with Crippen LogP contribution >= 0.6 is 11.6 Å². The molecule has 4 aliphatic rings. The second-order valence-electron chi connectivity index (χ2n) is 24.7. The average Bonchev–Trinajstić information content (AvgIpc) is 2.79. The van der Waals surface area contributed by atoms with Crippen LogP contribution in [0.5, 0.6) is 0 Å². The van der Waals surface area contributed by atoms with Crippen LogP contribution in [0.2, 0.25) is 5.02 Å². The van der Waals surface area contributed by atoms with Crippen molar-refractivity contribution >= 4 is 46.1 Å². The number of cyclic esters (lactones) is 1. The van der Waals surface area contributed by atoms with Crippen LogP contribution < -0.4 is 10.7 Å². The summed E-state index contributed by atoms with van der Waals surface area (Å²) in [5.74, 6) is -4.33. The molecular weight excluding hydrogens is 1120 g/mol. The van der Waals surface area contributed by atoms with E-state index in [1.807, 2.05) is 49.4 Å². The minimum Gasteiger partial charge on any atom is -0.459 e. The van der Waals surface area contributed by atoms with E-state index in [2.05, 4.69) is 5.32 Å². The average molecular weight is 1210 g/mol. The number of hydrogen-bond donors (Lipinski definition) is 5. The smallest absolute Gasteiger partial charge is 0.345 e. The lowest BCUT2D eigenvalue weighted by Crippen LogP contribution is -2.61. The van der Waals surface area contributed by atoms with Crippen molar-refractivity contribution in [3.63, 3.8) is 0 Å². The molecule has 24 heteroatoms. The van der Waals surface area contributed by atoms with Crippen molar-refractivity contribution in [1.29, 1.82) is 0 Å². The minimum absolute atomic E-state index is 0.00387. The second kappa shape index (κ2) is 30.0. The summed E-state index contributed by atoms with van der Waals surface area (Å²) < 4.78 is 68.1. The van der Waals surface area contributed by atoms with Gasteiger partial charge in [-0.2, -0.15) is 0 Å². The van der Waals surface area contributed by atoms with E-state index in [1.165, 1.54) is 27.3 Å². The number of aliphatic hydroxyl groups excluding tert-OH is 2. The molecule has 84 heavy (non-hydrogen) atoms. The molecule has 6 rings (SSSR count). The Kier molecular flexibility index (Phi) is 24.9. The number of fused-ring (bicyclic) bond motifs is 1. The molecule has 1 aliphatic carbocycles. The molecule has 5 N–H and O–H groups in total. The van der Waals surface area contributed by atoms with Gasteiger partial charge in [-0.25, -0.2) is 4.79 Å². The number of ether oxygens (including phenoxy) is 11. The highest BCUT2D eigenvalue weighted by Crippen LogP contribution is 2.42. The molecule has 4 heterocycles. The van der Waals surface area contributed by atoms with E-state index in [0.717, 1.165) is 12.8 Å². The van der Waals surface area contributed by atoms with Crippen LogP contribution in [-0.2, 0) is 61.7 Å². The van der Waals surface area contributed by atoms with Crippen molar-refractivity contribution in [2.75, 3.05) is 87.0 Å². The standard InChI is InChI=1S/C60H97ClN4O19/c1-16-46-60(10,73)52(69)37(6)64(13)30-33(2)28-58(8,72)53(84-57-50(68)45(63(11)12)25-34(3)79-57)35(4)51(36(5)55(70)81-46)83-48-29-59(9,75-15)54(38(7)80-48)82-47(66)19-21-76-22-20-62-43-26-40-44(27-42(43)61)65(39-17-18-39)31-41(49(40)67)56(71)78-32-77-24-23-74-14/h26-27,31,33-39,45-46,48,50-54,57,62,68-69,72-73H,16-25,28-30,32H2,1-15H3/t33-,34-,35+,36-,37-,38+,45+,46-,48+,50-,51+,52-,53-,54+,57+,58-,59-,60-/m1/s1. The fourth-order valence-electron chi connectivity index (χ4n) is 12.3. The van der Waals surface area contributed by atoms with Gasteiger partial charge in [-0.3, -0.25) is 14.4 Å². The number of esters is 3. The first-order chi connectivity index (χ1) is 39.5. The largest absolute Gasteiger partial charge is 0.459 e. The molecule has 0 amide bonds. The summed E-state index contributed by atoms with van der Waals surface area (Å²) in [7, 11) is 8.57. The Morgan fingerprint density at radius 2 is 1.62 bits per heavy atom. The summed E-state index contributed by atoms with van der Waals surface area (Å²) >= 11 is 6.73. The Labute approximate surface area is 500 Å². The van der Waals surface area contributed by atoms with Gasteiger partial charge in [-0.15, -0.1) is 0 Å². The summed E-state index contributed by atoms with van der Waals surface area (Å²) in [5.41, 5.74) is -4.32. The number of anilines is 1. The van der Waals surface area contributed by atoms with Gasteiger partial charge in [-0.05, 0) is 120 Å². The number of aromatic nitrogens is 1. The Bertz CT molecular complexity index is 2550. The zero-order valence-electron chi connectivity index (χ0n) is 52.0. The predicted molar refractivity (Wildman–Crippen MR) is 312 cm³/mol. The Morgan fingerprint density at radius 3 is 2.26 bits per heavy atom. The molecule has 3 aliphatic heterocycles. The van der Waals surface area contributed by atoms with Gasteiger partial charge in [0.2, 0.25) is 5.43 Å². The number of halogens is 1. The van der Waals surface area contributed by atoms with Crippen LogP contribution in [0.25, 0.3) is 10.9 Å². The zero-order valence-corrected chi connectivity index (χ0v) is 52.8. The number of hydrogen-bond acceptors (Lipinski definition) is 22. The van der Waals surface area contributed by atoms with Crippen LogP contribution in [0.15, 0.2) is 23.1 Å². The summed E-state index contributed by atoms with van der Waals surface area (Å²) in [6.45, 7) is 18.4. The van der Waals surface area contributed by atoms with E-state index in [1.54, 1.807) is 60.6 Å². The van der Waals surface area contributed by atoms with Crippen LogP contribution in [-0.4, -0.2) is 225 Å². The summed E-state index contributed by atoms with van der Waals surface area (Å²) in [6, 6.07) is 2.48. The van der Waals surface area contributed by atoms with E-state index in [4.69, 9.17) is 63.7 Å². The first kappa shape index (κ1) is 69.5. The molecule has 478 valence electrons. The van der Waals surface area contributed by atoms with Crippen molar-refractivity contribution in [3.05, 3.63) is 39.1 Å². The zero-order chi connectivity index (χ0) is 62.2. The third-order valence-electron chi connectivity index (χ3n) is 17.4. The number of methoxy groups -OCH3 is 2. The number of rotatable bonds is 22. The first-order valence-electron chi connectivity index (χ1n) is 29.7. The summed E-state index contributed by atoms with van der Waals surface area (Å²) in [5, 5.41) is 52.1. The third kappa shape index (κ3) is 16.9. The Morgan fingerprint density at radius 1 is 0.917 bits per heavy atom. The number of benzene rings is 1. The maximum atomic E-state index is 14.6. The maximum Gasteiger partial charge on any atom is 0.345 e. The number of nitrogens with one attached hydrogen (secondary N) is 1. The van der Waals surface area contributed by atoms with Crippen LogP contribution in [0.4, 0.5) is 5.69 Å². The lowest BCUT2D eigenvalue weighted by Gasteiger charge is -2.49. The van der Waals surface area contributed by atoms with Crippen molar-refractivity contribution in [2.45, 2.75) is 211 Å². The fourth-order valence-corrected chi connectivity index (χ4v) is 12.6. The van der Waals surface area contributed by atoms with Crippen LogP contribution in [0.3, 0.4) is 0 Å². The lowest BCUT2D eigenvalue weighted by atomic mass is 9.77. The molecule has 1 saturated carbocycles. The maximum absolute atomic E-state index is 14.6. The molecule has 23 nitrogen and oxygen atoms in total. The highest BCUT2D eigenvalue weighted by molar-refractivity contribution is 6.34. The lowest BCUT2D eigenvalue weighted by molar-refractivity contribution is -0.318. The van der Waals surface area contributed by atoms with Gasteiger partial charge < -0.3 is 92.2 Å². The Hall–Kier alpha value is -3.63. The highest BCUT2D eigenvalue weighted by atomic mass is 35.5. The molecule has 0 radical (unpaired) electrons. The molecule has 0 unspecified atom stereocenters. The van der Waals surface area contributed by atoms with Gasteiger partial charge in [0.05, 0.1) is 85.0 Å². The molecule has 1 aromatic carbocycles. The quantitative estimate of drug-likeness (QED) is 0.0446. The van der Waals surface area contributed by atoms with Gasteiger partial charge in [0.1, 0.15) is 35.1 Å². The topological polar surface area (TPSA) is 274 Å². The van der Waals surface area contributed by atoms with E-state index >= 15 is 0 Å². The molecule has 0 spiro atoms. The number of aliphatic hydroxyl groups is 4. The Balaban J connectivity index is 1.15. The molecule has 18 atom stereocenters. The second-order valence-corrected chi connectivity index (χ2v) is 25.1. The molecule has 3 saturated heterocycles. The normalized spacial score (nSPS) is 36.0. The number of pyridine rings is 1. The van der Waals surface area contributed by atoms with E-state index in [-0.39, 0.29) is 93.9 Å². The number of likely N-dealkylation sites (N-methyl/N-ethyl adjacent to an activating group) is 2. The predicted octanol–water partition coefficient (Wildman–Crippen LogP) is 5.05. The fraction of sp³-hybridized carbons (Fsp3) is 0.800. The van der Waals surface area contributed by atoms with Gasteiger partial charge in [0, 0.05) is 69.4 Å². The number of nitrogens with zero attached hydrogens (tertiary/aromatic N) is 3. The number of carbonyl (C=O) groups is 3. The highest BCUT2D eigenvalue weighted by Gasteiger charge is 2.54. The van der Waals surface area contributed by atoms with Crippen molar-refractivity contribution in [2.24, 2.45) is 17.8 Å². The van der Waals surface area contributed by atoms with E-state index in [0.29, 0.717) is 35.8 Å². The minimum atomic E-state index is -1.88. The monoisotopic (exact) mass is 1210 g/mol. The van der Waals surface area contributed by atoms with Crippen molar-refractivity contribution < 1.29 is 86.9 Å². The van der Waals surface area contributed by atoms with Crippen molar-refractivity contribution in [1.82, 2.24) is 14.4 Å². The van der Waals surface area contributed by atoms with Crippen LogP contribution in [0.1, 0.15) is 131 Å². The molecule has 0 bridgehead atoms. The molecule has 2 aromatic rings. The molecular formula is C60H97ClN4O19. The number of carbonyl (C=O) groups excluding carboxylic acids is 3. The van der Waals surface area contributed by atoms with Gasteiger partial charge in [0.15, 0.2) is 25.5 Å². The van der Waals surface area contributed by atoms with Crippen molar-refractivity contribution in [3.8, 4) is 0 Å². The summed E-state index contributed by atoms with van der Waals surface area (Å²) in [6.07, 6.45) is -6.20. The molecule has 4 fully saturated rings.